The van der Waals surface area contributed by atoms with Crippen molar-refractivity contribution >= 4 is 47.3 Å². The van der Waals surface area contributed by atoms with E-state index < -0.39 is 102 Å². The highest BCUT2D eigenvalue weighted by molar-refractivity contribution is 5.97. The number of likely N-dealkylation sites (tertiary alicyclic amines) is 1. The average molecular weight is 959 g/mol. The van der Waals surface area contributed by atoms with Crippen molar-refractivity contribution in [3.05, 3.63) is 91.1 Å². The van der Waals surface area contributed by atoms with Gasteiger partial charge in [0.2, 0.25) is 41.4 Å². The fourth-order valence-electron chi connectivity index (χ4n) is 7.49. The molecule has 6 rings (SSSR count). The second-order valence-corrected chi connectivity index (χ2v) is 16.3. The highest BCUT2D eigenvalue weighted by Crippen LogP contribution is 2.18. The molecular weight excluding hydrogens is 905 g/mol. The Morgan fingerprint density at radius 2 is 0.986 bits per heavy atom. The van der Waals surface area contributed by atoms with Gasteiger partial charge in [0.05, 0.1) is 50.3 Å². The number of carboxylic acids is 1. The first-order valence-corrected chi connectivity index (χ1v) is 21.8. The number of hydrogen-bond acceptors (Lipinski definition) is 15. The number of aliphatic carboxylic acids is 1. The molecule has 7 amide bonds. The van der Waals surface area contributed by atoms with Crippen LogP contribution in [-0.2, 0) is 70.5 Å². The van der Waals surface area contributed by atoms with Crippen LogP contribution >= 0.6 is 0 Å². The number of aliphatic hydroxyl groups is 1. The molecule has 0 unspecified atom stereocenters. The Kier molecular flexibility index (Phi) is 17.4. The minimum absolute atomic E-state index is 0.0753. The lowest BCUT2D eigenvalue weighted by Gasteiger charge is -2.27. The molecule has 0 aliphatic carbocycles. The van der Waals surface area contributed by atoms with Crippen LogP contribution in [0.25, 0.3) is 0 Å². The molecule has 0 radical (unpaired) electrons. The quantitative estimate of drug-likeness (QED) is 0.0261. The number of carbonyl (C=O) groups excluding carboxylic acids is 7. The first-order valence-electron chi connectivity index (χ1n) is 21.8. The summed E-state index contributed by atoms with van der Waals surface area (Å²) in [7, 11) is 0. The van der Waals surface area contributed by atoms with E-state index in [0.29, 0.717) is 34.9 Å². The lowest BCUT2D eigenvalue weighted by Crippen LogP contribution is -2.60. The van der Waals surface area contributed by atoms with Crippen molar-refractivity contribution in [2.24, 2.45) is 5.73 Å². The maximum atomic E-state index is 14.4. The maximum Gasteiger partial charge on any atom is 0.328 e. The Balaban J connectivity index is 1.17. The van der Waals surface area contributed by atoms with Gasteiger partial charge in [-0.05, 0) is 19.8 Å². The van der Waals surface area contributed by atoms with E-state index in [-0.39, 0.29) is 45.1 Å². The van der Waals surface area contributed by atoms with Gasteiger partial charge >= 0.3 is 5.97 Å². The van der Waals surface area contributed by atoms with E-state index in [1.165, 1.54) is 74.4 Å². The van der Waals surface area contributed by atoms with E-state index in [9.17, 15) is 48.6 Å². The monoisotopic (exact) mass is 958 g/mol. The smallest absolute Gasteiger partial charge is 0.328 e. The van der Waals surface area contributed by atoms with Crippen LogP contribution in [-0.4, -0.2) is 174 Å². The van der Waals surface area contributed by atoms with Crippen LogP contribution in [0, 0.1) is 0 Å². The lowest BCUT2D eigenvalue weighted by atomic mass is 10.0. The number of rotatable bonds is 25. The molecule has 8 atom stereocenters. The van der Waals surface area contributed by atoms with Crippen LogP contribution < -0.4 is 37.6 Å². The van der Waals surface area contributed by atoms with Gasteiger partial charge in [0.15, 0.2) is 6.04 Å². The van der Waals surface area contributed by atoms with Gasteiger partial charge in [-0.2, -0.15) is 0 Å². The lowest BCUT2D eigenvalue weighted by molar-refractivity contribution is -0.146. The summed E-state index contributed by atoms with van der Waals surface area (Å²) in [4.78, 5) is 144. The van der Waals surface area contributed by atoms with Crippen molar-refractivity contribution < 1.29 is 48.6 Å². The molecule has 1 fully saturated rings. The topological polar surface area (TPSA) is 422 Å². The highest BCUT2D eigenvalue weighted by atomic mass is 16.4. The number of carboxylic acid groups (broad SMARTS) is 1. The summed E-state index contributed by atoms with van der Waals surface area (Å²) < 4.78 is 0. The number of H-pyrrole nitrogens is 5. The number of nitrogens with zero attached hydrogens (tertiary/aromatic N) is 6. The fourth-order valence-corrected chi connectivity index (χ4v) is 7.49. The summed E-state index contributed by atoms with van der Waals surface area (Å²) in [5.74, 6) is -6.88. The number of carbonyl (C=O) groups is 8. The van der Waals surface area contributed by atoms with Gasteiger partial charge in [-0.15, -0.1) is 0 Å². The van der Waals surface area contributed by atoms with Crippen LogP contribution in [0.4, 0.5) is 0 Å². The molecule has 368 valence electrons. The number of hydrogen-bond donors (Lipinski definition) is 14. The van der Waals surface area contributed by atoms with E-state index >= 15 is 0 Å². The van der Waals surface area contributed by atoms with E-state index in [4.69, 9.17) is 5.73 Å². The maximum absolute atomic E-state index is 14.4. The number of imidazole rings is 5. The highest BCUT2D eigenvalue weighted by Gasteiger charge is 2.38. The largest absolute Gasteiger partial charge is 0.480 e. The van der Waals surface area contributed by atoms with E-state index in [1.807, 2.05) is 0 Å². The van der Waals surface area contributed by atoms with Gasteiger partial charge in [0, 0.05) is 98.1 Å². The molecule has 0 saturated carbocycles. The molecule has 5 aromatic heterocycles. The first kappa shape index (κ1) is 50.1. The molecule has 6 heterocycles. The third-order valence-corrected chi connectivity index (χ3v) is 11.1. The van der Waals surface area contributed by atoms with Gasteiger partial charge in [0.1, 0.15) is 30.2 Å². The van der Waals surface area contributed by atoms with Crippen LogP contribution in [0.1, 0.15) is 48.2 Å². The molecule has 0 spiro atoms. The van der Waals surface area contributed by atoms with Crippen molar-refractivity contribution in [2.45, 2.75) is 100 Å². The van der Waals surface area contributed by atoms with Crippen LogP contribution in [0.5, 0.6) is 0 Å². The van der Waals surface area contributed by atoms with E-state index in [1.54, 1.807) is 0 Å². The summed E-state index contributed by atoms with van der Waals surface area (Å²) in [6, 6.07) is -9.21. The molecule has 28 heteroatoms. The average Bonchev–Trinajstić information content (AvgIpc) is 4.18. The van der Waals surface area contributed by atoms with E-state index in [2.05, 4.69) is 81.7 Å². The number of aromatic amines is 5. The first-order chi connectivity index (χ1) is 33.1. The number of aromatic nitrogens is 10. The Labute approximate surface area is 392 Å². The number of aliphatic hydroxyl groups excluding tert-OH is 1. The predicted octanol–water partition coefficient (Wildman–Crippen LogP) is -4.86. The normalized spacial score (nSPS) is 16.4. The van der Waals surface area contributed by atoms with Gasteiger partial charge in [-0.25, -0.2) is 29.7 Å². The molecule has 15 N–H and O–H groups in total. The minimum atomic E-state index is -1.61. The number of nitrogens with two attached hydrogens (primary N) is 1. The van der Waals surface area contributed by atoms with Crippen molar-refractivity contribution in [2.75, 3.05) is 13.1 Å². The van der Waals surface area contributed by atoms with Gasteiger partial charge < -0.3 is 77.7 Å². The Hall–Kier alpha value is -8.27. The summed E-state index contributed by atoms with van der Waals surface area (Å²) in [6.45, 7) is 0.717. The third-order valence-electron chi connectivity index (χ3n) is 11.1. The fraction of sp³-hybridized carbons (Fsp3) is 0.439. The zero-order chi connectivity index (χ0) is 49.5. The zero-order valence-electron chi connectivity index (χ0n) is 37.2. The van der Waals surface area contributed by atoms with E-state index in [0.717, 1.165) is 0 Å². The zero-order valence-corrected chi connectivity index (χ0v) is 37.2. The summed E-state index contributed by atoms with van der Waals surface area (Å²) >= 11 is 0. The molecule has 5 aromatic rings. The standard InChI is InChI=1S/C41H54N18O10/c1-21(60)34(41(68)69)58-40(67)32-3-2-4-59(32)33(61)15-48-36(63)28(6-23-11-44-17-50-23)55-38(65)30(8-25-13-46-19-52-25)57-39(66)31(9-26-14-47-20-53-26)56-37(64)29(7-24-12-45-18-51-24)54-35(62)27(42)5-22-10-43-16-49-22/h10-14,16-21,27-32,34,60H,2-9,15,42H2,1H3,(H,43,49)(H,44,50)(H,45,51)(H,46,52)(H,47,53)(H,48,63)(H,54,62)(H,55,65)(H,56,64)(H,57,66)(H,58,67)(H,68,69)/t21-,27+,28+,29+,30+,31+,32+,34+/m1/s1. The Morgan fingerprint density at radius 1 is 0.609 bits per heavy atom. The number of nitrogens with one attached hydrogen (secondary N) is 11. The van der Waals surface area contributed by atoms with Gasteiger partial charge in [-0.3, -0.25) is 33.6 Å². The number of amides is 7. The summed E-state index contributed by atoms with van der Waals surface area (Å²) in [6.07, 6.45) is 12.9. The molecule has 1 aliphatic heterocycles. The minimum Gasteiger partial charge on any atom is -0.480 e. The molecule has 0 bridgehead atoms. The Morgan fingerprint density at radius 3 is 1.35 bits per heavy atom. The second-order valence-electron chi connectivity index (χ2n) is 16.3. The van der Waals surface area contributed by atoms with Crippen molar-refractivity contribution in [3.8, 4) is 0 Å². The summed E-state index contributed by atoms with van der Waals surface area (Å²) in [5.41, 5.74) is 8.50. The van der Waals surface area contributed by atoms with Gasteiger partial charge in [-0.1, -0.05) is 0 Å². The van der Waals surface area contributed by atoms with Gasteiger partial charge in [0.25, 0.3) is 0 Å². The molecule has 1 aliphatic rings. The summed E-state index contributed by atoms with van der Waals surface area (Å²) in [5, 5.41) is 34.7. The molecule has 28 nitrogen and oxygen atoms in total. The van der Waals surface area contributed by atoms with Crippen LogP contribution in [0.2, 0.25) is 0 Å². The molecule has 69 heavy (non-hydrogen) atoms. The molecule has 1 saturated heterocycles. The van der Waals surface area contributed by atoms with Crippen molar-refractivity contribution in [1.82, 2.24) is 86.6 Å². The Bertz CT molecular complexity index is 2460. The van der Waals surface area contributed by atoms with Crippen LogP contribution in [0.3, 0.4) is 0 Å². The predicted molar refractivity (Wildman–Crippen MR) is 236 cm³/mol. The SMILES string of the molecule is C[C@@H](O)[C@H](NC(=O)[C@@H]1CCCN1C(=O)CNC(=O)[C@H](Cc1cnc[nH]1)NC(=O)[C@H](Cc1cnc[nH]1)NC(=O)[C@H](Cc1cnc[nH]1)NC(=O)[C@H](Cc1cnc[nH]1)NC(=O)[C@@H](N)Cc1cnc[nH]1)C(=O)O. The van der Waals surface area contributed by atoms with Crippen LogP contribution in [0.15, 0.2) is 62.6 Å². The van der Waals surface area contributed by atoms with Crippen molar-refractivity contribution in [1.29, 1.82) is 0 Å². The third kappa shape index (κ3) is 14.4. The molecular formula is C41H54N18O10. The molecule has 0 aromatic carbocycles. The van der Waals surface area contributed by atoms with Crippen molar-refractivity contribution in [3.63, 3.8) is 0 Å². The second kappa shape index (κ2) is 24.0.